The van der Waals surface area contributed by atoms with Crippen molar-refractivity contribution in [3.8, 4) is 0 Å². The molecule has 2 heterocycles. The highest BCUT2D eigenvalue weighted by Gasteiger charge is 2.37. The summed E-state index contributed by atoms with van der Waals surface area (Å²) >= 11 is 0. The summed E-state index contributed by atoms with van der Waals surface area (Å²) in [4.78, 5) is 53.8. The Balaban J connectivity index is 0.00000320. The summed E-state index contributed by atoms with van der Waals surface area (Å²) in [5, 5.41) is 8.66. The van der Waals surface area contributed by atoms with E-state index in [1.54, 1.807) is 26.4 Å². The van der Waals surface area contributed by atoms with E-state index in [-0.39, 0.29) is 35.8 Å². The minimum Gasteiger partial charge on any atom is -0.361 e. The fourth-order valence-corrected chi connectivity index (χ4v) is 3.88. The van der Waals surface area contributed by atoms with Crippen LogP contribution in [0, 0.1) is 5.92 Å². The third-order valence-electron chi connectivity index (χ3n) is 5.44. The molecule has 4 amide bonds. The maximum atomic E-state index is 12.8. The van der Waals surface area contributed by atoms with Crippen molar-refractivity contribution in [2.75, 3.05) is 14.1 Å². The van der Waals surface area contributed by atoms with Crippen molar-refractivity contribution < 1.29 is 19.2 Å². The second-order valence-electron chi connectivity index (χ2n) is 7.71. The maximum Gasteiger partial charge on any atom is 0.309 e. The van der Waals surface area contributed by atoms with Gasteiger partial charge in [0, 0.05) is 45.3 Å². The molecule has 30 heavy (non-hydrogen) atoms. The Morgan fingerprint density at radius 1 is 1.10 bits per heavy atom. The molecule has 5 N–H and O–H groups in total. The molecule has 3 rings (SSSR count). The number of fused-ring (bicyclic) bond motifs is 1. The van der Waals surface area contributed by atoms with Crippen LogP contribution in [0.25, 0.3) is 0 Å². The van der Waals surface area contributed by atoms with E-state index in [9.17, 15) is 19.2 Å². The average molecular weight is 439 g/mol. The molecule has 1 aliphatic heterocycles. The molecule has 0 radical (unpaired) electrons. The monoisotopic (exact) mass is 438 g/mol. The molecule has 164 valence electrons. The first kappa shape index (κ1) is 23.6. The Hall–Kier alpha value is -2.72. The number of aromatic nitrogens is 1. The lowest BCUT2D eigenvalue weighted by molar-refractivity contribution is -0.138. The minimum atomic E-state index is -1.09. The van der Waals surface area contributed by atoms with Crippen molar-refractivity contribution in [2.24, 2.45) is 11.7 Å². The topological polar surface area (TPSA) is 147 Å². The fourth-order valence-electron chi connectivity index (χ4n) is 3.88. The molecule has 0 spiro atoms. The first-order valence-corrected chi connectivity index (χ1v) is 9.57. The maximum absolute atomic E-state index is 12.8. The number of nitrogens with one attached hydrogen (secondary N) is 3. The predicted octanol–water partition coefficient (Wildman–Crippen LogP) is -0.937. The van der Waals surface area contributed by atoms with Gasteiger partial charge in [0.05, 0.1) is 6.04 Å². The molecule has 1 fully saturated rings. The highest BCUT2D eigenvalue weighted by atomic mass is 35.5. The first-order chi connectivity index (χ1) is 13.8. The lowest BCUT2D eigenvalue weighted by atomic mass is 9.81. The number of primary amides is 1. The molecule has 1 saturated carbocycles. The highest BCUT2D eigenvalue weighted by Crippen LogP contribution is 2.27. The zero-order valence-electron chi connectivity index (χ0n) is 16.9. The van der Waals surface area contributed by atoms with Crippen LogP contribution in [0.2, 0.25) is 0 Å². The van der Waals surface area contributed by atoms with E-state index < -0.39 is 23.9 Å². The van der Waals surface area contributed by atoms with Gasteiger partial charge in [-0.1, -0.05) is 0 Å². The fraction of sp³-hybridized carbons (Fsp3) is 0.526. The molecular formula is C19H27ClN6O4. The lowest BCUT2D eigenvalue weighted by Gasteiger charge is -2.37. The summed E-state index contributed by atoms with van der Waals surface area (Å²) in [5.41, 5.74) is 7.39. The summed E-state index contributed by atoms with van der Waals surface area (Å²) in [6, 6.07) is 0.718. The third-order valence-corrected chi connectivity index (χ3v) is 5.44. The minimum absolute atomic E-state index is 0. The second-order valence-corrected chi connectivity index (χ2v) is 7.71. The molecule has 3 atom stereocenters. The molecule has 0 bridgehead atoms. The van der Waals surface area contributed by atoms with Gasteiger partial charge in [-0.15, -0.1) is 12.4 Å². The molecule has 0 unspecified atom stereocenters. The van der Waals surface area contributed by atoms with Crippen molar-refractivity contribution in [3.63, 3.8) is 0 Å². The number of nitrogens with two attached hydrogens (primary N) is 1. The molecular weight excluding hydrogens is 412 g/mol. The predicted molar refractivity (Wildman–Crippen MR) is 110 cm³/mol. The van der Waals surface area contributed by atoms with Crippen molar-refractivity contribution >= 4 is 36.0 Å². The number of nitrogens with zero attached hydrogens (tertiary/aromatic N) is 2. The van der Waals surface area contributed by atoms with Crippen molar-refractivity contribution in [2.45, 2.75) is 44.4 Å². The molecule has 1 aromatic rings. The first-order valence-electron chi connectivity index (χ1n) is 9.57. The quantitative estimate of drug-likeness (QED) is 0.446. The summed E-state index contributed by atoms with van der Waals surface area (Å²) in [7, 11) is 3.36. The second kappa shape index (κ2) is 9.86. The molecule has 11 heteroatoms. The molecule has 1 aromatic heterocycles. The number of hydrogen-bond acceptors (Lipinski definition) is 6. The van der Waals surface area contributed by atoms with Crippen LogP contribution in [-0.4, -0.2) is 59.7 Å². The van der Waals surface area contributed by atoms with Gasteiger partial charge in [0.25, 0.3) is 5.91 Å². The Kier molecular flexibility index (Phi) is 7.74. The van der Waals surface area contributed by atoms with E-state index in [4.69, 9.17) is 5.73 Å². The summed E-state index contributed by atoms with van der Waals surface area (Å²) in [6.45, 7) is 1.40. The number of pyridine rings is 1. The number of rotatable bonds is 4. The van der Waals surface area contributed by atoms with E-state index >= 15 is 0 Å². The lowest BCUT2D eigenvalue weighted by Crippen LogP contribution is -2.57. The molecule has 1 aliphatic carbocycles. The van der Waals surface area contributed by atoms with Gasteiger partial charge >= 0.3 is 11.8 Å². The Morgan fingerprint density at radius 2 is 1.80 bits per heavy atom. The third kappa shape index (κ3) is 5.25. The number of halogens is 1. The Bertz CT molecular complexity index is 846. The van der Waals surface area contributed by atoms with Gasteiger partial charge in [-0.25, -0.2) is 0 Å². The van der Waals surface area contributed by atoms with Crippen LogP contribution < -0.4 is 21.7 Å². The van der Waals surface area contributed by atoms with Crippen molar-refractivity contribution in [3.05, 3.63) is 29.1 Å². The highest BCUT2D eigenvalue weighted by molar-refractivity contribution is 6.34. The molecule has 0 aromatic carbocycles. The number of carbonyl (C=O) groups is 4. The Labute approximate surface area is 180 Å². The number of carbonyl (C=O) groups excluding carboxylic acids is 4. The van der Waals surface area contributed by atoms with Crippen molar-refractivity contribution in [1.29, 1.82) is 0 Å². The van der Waals surface area contributed by atoms with E-state index in [0.717, 1.165) is 17.7 Å². The van der Waals surface area contributed by atoms with Crippen LogP contribution in [0.15, 0.2) is 12.3 Å². The van der Waals surface area contributed by atoms with Gasteiger partial charge in [-0.3, -0.25) is 24.2 Å². The smallest absolute Gasteiger partial charge is 0.309 e. The van der Waals surface area contributed by atoms with E-state index in [0.29, 0.717) is 25.8 Å². The zero-order valence-corrected chi connectivity index (χ0v) is 17.8. The van der Waals surface area contributed by atoms with Crippen LogP contribution in [0.1, 0.15) is 40.9 Å². The SMILES string of the molecule is CN(C)C(=O)[C@H]1CC[C@H](NC(=O)C(N)=O)[C@H](NC(=O)c2cc3c(cn2)CNC3)C1.Cl. The summed E-state index contributed by atoms with van der Waals surface area (Å²) < 4.78 is 0. The van der Waals surface area contributed by atoms with Gasteiger partial charge in [-0.2, -0.15) is 0 Å². The largest absolute Gasteiger partial charge is 0.361 e. The molecule has 0 saturated heterocycles. The van der Waals surface area contributed by atoms with Crippen LogP contribution in [-0.2, 0) is 27.5 Å². The van der Waals surface area contributed by atoms with Gasteiger partial charge in [0.2, 0.25) is 5.91 Å². The summed E-state index contributed by atoms with van der Waals surface area (Å²) in [5.74, 6) is -2.71. The van der Waals surface area contributed by atoms with E-state index in [1.807, 2.05) is 0 Å². The molecule has 2 aliphatic rings. The average Bonchev–Trinajstić information content (AvgIpc) is 3.16. The van der Waals surface area contributed by atoms with Gasteiger partial charge in [0.1, 0.15) is 5.69 Å². The van der Waals surface area contributed by atoms with Gasteiger partial charge in [-0.05, 0) is 36.5 Å². The van der Waals surface area contributed by atoms with Gasteiger partial charge < -0.3 is 26.6 Å². The summed E-state index contributed by atoms with van der Waals surface area (Å²) in [6.07, 6.45) is 3.00. The van der Waals surface area contributed by atoms with Crippen molar-refractivity contribution in [1.82, 2.24) is 25.8 Å². The zero-order chi connectivity index (χ0) is 21.1. The number of hydrogen-bond donors (Lipinski definition) is 4. The van der Waals surface area contributed by atoms with Gasteiger partial charge in [0.15, 0.2) is 0 Å². The normalized spacial score (nSPS) is 22.3. The Morgan fingerprint density at radius 3 is 2.47 bits per heavy atom. The van der Waals surface area contributed by atoms with Crippen LogP contribution in [0.3, 0.4) is 0 Å². The van der Waals surface area contributed by atoms with Crippen LogP contribution in [0.4, 0.5) is 0 Å². The van der Waals surface area contributed by atoms with E-state index in [2.05, 4.69) is 20.9 Å². The molecule has 10 nitrogen and oxygen atoms in total. The standard InChI is InChI=1S/C19H26N6O4.ClH/c1-25(2)19(29)10-3-4-13(23-18(28)16(20)26)14(5-10)24-17(27)15-6-11-7-21-8-12(11)9-22-15;/h6,9-10,13-14,21H,3-5,7-8H2,1-2H3,(H2,20,26)(H,23,28)(H,24,27);1H/t10-,13-,14+;/m0./s1. The van der Waals surface area contributed by atoms with Crippen LogP contribution >= 0.6 is 12.4 Å². The van der Waals surface area contributed by atoms with Crippen LogP contribution in [0.5, 0.6) is 0 Å². The van der Waals surface area contributed by atoms with E-state index in [1.165, 1.54) is 4.90 Å². The number of amides is 4.